The summed E-state index contributed by atoms with van der Waals surface area (Å²) in [5.41, 5.74) is 10.9. The van der Waals surface area contributed by atoms with Gasteiger partial charge in [-0.3, -0.25) is 0 Å². The van der Waals surface area contributed by atoms with Gasteiger partial charge in [-0.25, -0.2) is 0 Å². The fourth-order valence-corrected chi connectivity index (χ4v) is 1.35. The molecular weight excluding hydrogens is 168 g/mol. The van der Waals surface area contributed by atoms with Crippen LogP contribution in [0.4, 0.5) is 0 Å². The molecule has 1 atom stereocenters. The summed E-state index contributed by atoms with van der Waals surface area (Å²) in [5, 5.41) is 8.89. The number of hydrogen-bond acceptors (Lipinski definition) is 5. The molecule has 1 heterocycles. The van der Waals surface area contributed by atoms with Crippen molar-refractivity contribution in [2.45, 2.75) is 6.23 Å². The highest BCUT2D eigenvalue weighted by atomic mass is 16.3. The fraction of sp³-hybridized carbons (Fsp3) is 0.750. The van der Waals surface area contributed by atoms with Crippen molar-refractivity contribution >= 4 is 0 Å². The summed E-state index contributed by atoms with van der Waals surface area (Å²) in [6.45, 7) is 3.78. The van der Waals surface area contributed by atoms with E-state index in [-0.39, 0.29) is 0 Å². The Morgan fingerprint density at radius 2 is 1.92 bits per heavy atom. The Balaban J connectivity index is 2.44. The first-order chi connectivity index (χ1) is 6.09. The standard InChI is InChI=1S/C8H18N4O/c1-11-2-4-12(5-3-11)7(9)6-8(10)13/h6,8,13H,2-5,9-10H2,1H3/b7-6+/t8-/m1/s1. The maximum Gasteiger partial charge on any atom is 0.125 e. The highest BCUT2D eigenvalue weighted by molar-refractivity contribution is 4.99. The highest BCUT2D eigenvalue weighted by Crippen LogP contribution is 2.03. The summed E-state index contributed by atoms with van der Waals surface area (Å²) in [7, 11) is 2.08. The Hall–Kier alpha value is -0.780. The van der Waals surface area contributed by atoms with Crippen LogP contribution in [0.3, 0.4) is 0 Å². The minimum atomic E-state index is -0.959. The zero-order valence-electron chi connectivity index (χ0n) is 7.98. The van der Waals surface area contributed by atoms with Gasteiger partial charge in [0.1, 0.15) is 6.23 Å². The van der Waals surface area contributed by atoms with Crippen molar-refractivity contribution in [1.29, 1.82) is 0 Å². The second-order valence-electron chi connectivity index (χ2n) is 3.37. The third-order valence-corrected chi connectivity index (χ3v) is 2.21. The van der Waals surface area contributed by atoms with Gasteiger partial charge in [0.15, 0.2) is 0 Å². The van der Waals surface area contributed by atoms with Crippen LogP contribution < -0.4 is 11.5 Å². The lowest BCUT2D eigenvalue weighted by Crippen LogP contribution is -2.45. The zero-order valence-corrected chi connectivity index (χ0v) is 7.98. The molecule has 0 aliphatic carbocycles. The van der Waals surface area contributed by atoms with Gasteiger partial charge in [-0.2, -0.15) is 0 Å². The van der Waals surface area contributed by atoms with Gasteiger partial charge in [0, 0.05) is 26.2 Å². The molecule has 0 bridgehead atoms. The number of rotatable bonds is 2. The molecule has 0 radical (unpaired) electrons. The monoisotopic (exact) mass is 186 g/mol. The van der Waals surface area contributed by atoms with Crippen molar-refractivity contribution in [3.63, 3.8) is 0 Å². The van der Waals surface area contributed by atoms with Crippen molar-refractivity contribution < 1.29 is 5.11 Å². The molecule has 0 aromatic heterocycles. The first kappa shape index (κ1) is 10.3. The Labute approximate surface area is 78.6 Å². The lowest BCUT2D eigenvalue weighted by Gasteiger charge is -2.34. The van der Waals surface area contributed by atoms with Gasteiger partial charge in [0.2, 0.25) is 0 Å². The van der Waals surface area contributed by atoms with E-state index < -0.39 is 6.23 Å². The van der Waals surface area contributed by atoms with Crippen LogP contribution >= 0.6 is 0 Å². The highest BCUT2D eigenvalue weighted by Gasteiger charge is 2.14. The van der Waals surface area contributed by atoms with Crippen LogP contribution in [0.1, 0.15) is 0 Å². The molecule has 0 spiro atoms. The number of aliphatic hydroxyl groups excluding tert-OH is 1. The average Bonchev–Trinajstić information content (AvgIpc) is 2.04. The molecule has 5 nitrogen and oxygen atoms in total. The molecule has 76 valence electrons. The summed E-state index contributed by atoms with van der Waals surface area (Å²) < 4.78 is 0. The summed E-state index contributed by atoms with van der Waals surface area (Å²) >= 11 is 0. The summed E-state index contributed by atoms with van der Waals surface area (Å²) in [6.07, 6.45) is 0.505. The second kappa shape index (κ2) is 4.45. The minimum Gasteiger partial charge on any atom is -0.386 e. The normalized spacial score (nSPS) is 23.3. The second-order valence-corrected chi connectivity index (χ2v) is 3.37. The molecule has 13 heavy (non-hydrogen) atoms. The van der Waals surface area contributed by atoms with E-state index in [2.05, 4.69) is 11.9 Å². The van der Waals surface area contributed by atoms with Crippen LogP contribution in [0.5, 0.6) is 0 Å². The van der Waals surface area contributed by atoms with E-state index in [0.29, 0.717) is 5.82 Å². The number of aliphatic hydroxyl groups is 1. The van der Waals surface area contributed by atoms with Crippen LogP contribution in [-0.4, -0.2) is 54.4 Å². The zero-order chi connectivity index (χ0) is 9.84. The lowest BCUT2D eigenvalue weighted by molar-refractivity contribution is 0.178. The van der Waals surface area contributed by atoms with E-state index in [1.807, 2.05) is 4.90 Å². The van der Waals surface area contributed by atoms with Gasteiger partial charge in [-0.15, -0.1) is 0 Å². The number of likely N-dealkylation sites (N-methyl/N-ethyl adjacent to an activating group) is 1. The molecule has 5 heteroatoms. The molecule has 0 aromatic carbocycles. The van der Waals surface area contributed by atoms with E-state index in [0.717, 1.165) is 26.2 Å². The van der Waals surface area contributed by atoms with Crippen molar-refractivity contribution in [2.24, 2.45) is 11.5 Å². The van der Waals surface area contributed by atoms with Gasteiger partial charge in [-0.05, 0) is 13.1 Å². The number of hydrogen-bond donors (Lipinski definition) is 3. The first-order valence-corrected chi connectivity index (χ1v) is 4.44. The lowest BCUT2D eigenvalue weighted by atomic mass is 10.3. The molecule has 0 aromatic rings. The molecule has 5 N–H and O–H groups in total. The summed E-state index contributed by atoms with van der Waals surface area (Å²) in [6, 6.07) is 0. The van der Waals surface area contributed by atoms with Gasteiger partial charge < -0.3 is 26.4 Å². The van der Waals surface area contributed by atoms with E-state index >= 15 is 0 Å². The fourth-order valence-electron chi connectivity index (χ4n) is 1.35. The molecule has 0 saturated carbocycles. The van der Waals surface area contributed by atoms with Gasteiger partial charge in [-0.1, -0.05) is 0 Å². The van der Waals surface area contributed by atoms with E-state index in [9.17, 15) is 0 Å². The van der Waals surface area contributed by atoms with Crippen LogP contribution in [0.25, 0.3) is 0 Å². The van der Waals surface area contributed by atoms with E-state index in [1.165, 1.54) is 6.08 Å². The molecule has 1 rings (SSSR count). The van der Waals surface area contributed by atoms with Crippen LogP contribution in [0.2, 0.25) is 0 Å². The van der Waals surface area contributed by atoms with Crippen molar-refractivity contribution in [1.82, 2.24) is 9.80 Å². The molecule has 1 saturated heterocycles. The quantitative estimate of drug-likeness (QED) is 0.449. The average molecular weight is 186 g/mol. The van der Waals surface area contributed by atoms with Crippen molar-refractivity contribution in [3.05, 3.63) is 11.9 Å². The van der Waals surface area contributed by atoms with E-state index in [1.54, 1.807) is 0 Å². The third-order valence-electron chi connectivity index (χ3n) is 2.21. The van der Waals surface area contributed by atoms with Crippen LogP contribution in [0.15, 0.2) is 11.9 Å². The number of piperazine rings is 1. The Kier molecular flexibility index (Phi) is 3.53. The molecule has 1 aliphatic rings. The summed E-state index contributed by atoms with van der Waals surface area (Å²) in [5.74, 6) is 0.572. The predicted molar refractivity (Wildman–Crippen MR) is 51.5 cm³/mol. The smallest absolute Gasteiger partial charge is 0.125 e. The van der Waals surface area contributed by atoms with Crippen molar-refractivity contribution in [2.75, 3.05) is 33.2 Å². The largest absolute Gasteiger partial charge is 0.386 e. The number of nitrogens with two attached hydrogens (primary N) is 2. The van der Waals surface area contributed by atoms with Crippen LogP contribution in [0, 0.1) is 0 Å². The molecule has 1 aliphatic heterocycles. The predicted octanol–water partition coefficient (Wildman–Crippen LogP) is -1.69. The third kappa shape index (κ3) is 3.22. The maximum atomic E-state index is 8.89. The van der Waals surface area contributed by atoms with Gasteiger partial charge in [0.25, 0.3) is 0 Å². The van der Waals surface area contributed by atoms with Gasteiger partial charge >= 0.3 is 0 Å². The van der Waals surface area contributed by atoms with Crippen molar-refractivity contribution in [3.8, 4) is 0 Å². The summed E-state index contributed by atoms with van der Waals surface area (Å²) in [4.78, 5) is 4.26. The van der Waals surface area contributed by atoms with Crippen LogP contribution in [-0.2, 0) is 0 Å². The Bertz CT molecular complexity index is 185. The first-order valence-electron chi connectivity index (χ1n) is 4.44. The SMILES string of the molecule is CN1CCN(/C(N)=C/[C@H](N)O)CC1. The van der Waals surface area contributed by atoms with Gasteiger partial charge in [0.05, 0.1) is 5.82 Å². The topological polar surface area (TPSA) is 78.8 Å². The molecular formula is C8H18N4O. The number of nitrogens with zero attached hydrogens (tertiary/aromatic N) is 2. The Morgan fingerprint density at radius 3 is 2.38 bits per heavy atom. The molecule has 0 unspecified atom stereocenters. The Morgan fingerprint density at radius 1 is 1.38 bits per heavy atom. The molecule has 1 fully saturated rings. The minimum absolute atomic E-state index is 0.572. The van der Waals surface area contributed by atoms with E-state index in [4.69, 9.17) is 16.6 Å². The maximum absolute atomic E-state index is 8.89. The molecule has 0 amide bonds.